The average Bonchev–Trinajstić information content (AvgIpc) is 3.13. The topological polar surface area (TPSA) is 75.0 Å². The molecular weight excluding hydrogens is 483 g/mol. The monoisotopic (exact) mass is 512 g/mol. The molecular formula is C20H29IN6O2. The maximum Gasteiger partial charge on any atom is 0.246 e. The lowest BCUT2D eigenvalue weighted by Crippen LogP contribution is -2.55. The molecule has 0 aliphatic carbocycles. The largest absolute Gasteiger partial charge is 0.494 e. The molecule has 0 unspecified atom stereocenters. The summed E-state index contributed by atoms with van der Waals surface area (Å²) in [6, 6.07) is 9.77. The molecule has 8 nitrogen and oxygen atoms in total. The van der Waals surface area contributed by atoms with E-state index in [1.54, 1.807) is 15.8 Å². The first-order chi connectivity index (χ1) is 13.7. The molecule has 1 aromatic carbocycles. The number of amides is 1. The maximum absolute atomic E-state index is 12.6. The number of halogens is 1. The van der Waals surface area contributed by atoms with E-state index in [4.69, 9.17) is 4.74 Å². The molecule has 1 saturated heterocycles. The van der Waals surface area contributed by atoms with E-state index in [1.807, 2.05) is 55.4 Å². The number of anilines is 1. The SMILES string of the molecule is CCNC(=NCCCOc1ccccc1)N1CCN(c2cnn(C)c2)C(=O)C1.I. The predicted octanol–water partition coefficient (Wildman–Crippen LogP) is 2.12. The maximum atomic E-state index is 12.6. The molecule has 0 bridgehead atoms. The minimum atomic E-state index is 0. The zero-order valence-corrected chi connectivity index (χ0v) is 19.3. The van der Waals surface area contributed by atoms with Crippen LogP contribution in [-0.2, 0) is 11.8 Å². The zero-order valence-electron chi connectivity index (χ0n) is 17.0. The number of carbonyl (C=O) groups is 1. The number of aromatic nitrogens is 2. The Kier molecular flexibility index (Phi) is 9.23. The van der Waals surface area contributed by atoms with Crippen molar-refractivity contribution in [2.24, 2.45) is 12.0 Å². The van der Waals surface area contributed by atoms with E-state index >= 15 is 0 Å². The Hall–Kier alpha value is -2.30. The van der Waals surface area contributed by atoms with E-state index in [1.165, 1.54) is 0 Å². The number of hydrogen-bond acceptors (Lipinski definition) is 4. The van der Waals surface area contributed by atoms with Gasteiger partial charge in [-0.2, -0.15) is 5.10 Å². The van der Waals surface area contributed by atoms with Crippen molar-refractivity contribution in [3.8, 4) is 5.75 Å². The van der Waals surface area contributed by atoms with E-state index in [2.05, 4.69) is 15.4 Å². The van der Waals surface area contributed by atoms with Gasteiger partial charge in [0.1, 0.15) is 12.3 Å². The molecule has 1 amide bonds. The molecule has 1 aliphatic heterocycles. The van der Waals surface area contributed by atoms with Gasteiger partial charge >= 0.3 is 0 Å². The number of aryl methyl sites for hydroxylation is 1. The van der Waals surface area contributed by atoms with Crippen LogP contribution in [-0.4, -0.2) is 65.9 Å². The fourth-order valence-electron chi connectivity index (χ4n) is 3.06. The van der Waals surface area contributed by atoms with Crippen LogP contribution >= 0.6 is 24.0 Å². The minimum absolute atomic E-state index is 0. The number of ether oxygens (including phenoxy) is 1. The smallest absolute Gasteiger partial charge is 0.246 e. The molecule has 9 heteroatoms. The quantitative estimate of drug-likeness (QED) is 0.266. The summed E-state index contributed by atoms with van der Waals surface area (Å²) in [5, 5.41) is 7.44. The number of rotatable bonds is 7. The highest BCUT2D eigenvalue weighted by atomic mass is 127. The Morgan fingerprint density at radius 2 is 2.07 bits per heavy atom. The third-order valence-corrected chi connectivity index (χ3v) is 4.43. The van der Waals surface area contributed by atoms with E-state index in [0.29, 0.717) is 26.2 Å². The lowest BCUT2D eigenvalue weighted by molar-refractivity contribution is -0.120. The number of para-hydroxylation sites is 1. The van der Waals surface area contributed by atoms with Gasteiger partial charge in [-0.15, -0.1) is 24.0 Å². The van der Waals surface area contributed by atoms with Gasteiger partial charge in [-0.3, -0.25) is 14.5 Å². The van der Waals surface area contributed by atoms with Crippen LogP contribution in [0.5, 0.6) is 5.75 Å². The number of piperazine rings is 1. The van der Waals surface area contributed by atoms with Crippen molar-refractivity contribution in [3.63, 3.8) is 0 Å². The van der Waals surface area contributed by atoms with Gasteiger partial charge < -0.3 is 19.9 Å². The van der Waals surface area contributed by atoms with Gasteiger partial charge in [-0.05, 0) is 19.1 Å². The summed E-state index contributed by atoms with van der Waals surface area (Å²) in [4.78, 5) is 21.1. The fraction of sp³-hybridized carbons (Fsp3) is 0.450. The third kappa shape index (κ3) is 6.62. The molecule has 1 aliphatic rings. The second-order valence-corrected chi connectivity index (χ2v) is 6.59. The van der Waals surface area contributed by atoms with Gasteiger partial charge in [0.2, 0.25) is 5.91 Å². The summed E-state index contributed by atoms with van der Waals surface area (Å²) in [6.07, 6.45) is 4.40. The van der Waals surface area contributed by atoms with Crippen LogP contribution in [0.4, 0.5) is 5.69 Å². The van der Waals surface area contributed by atoms with E-state index in [-0.39, 0.29) is 29.9 Å². The molecule has 0 atom stereocenters. The van der Waals surface area contributed by atoms with Crippen LogP contribution in [0.15, 0.2) is 47.7 Å². The molecule has 2 aromatic rings. The van der Waals surface area contributed by atoms with Crippen LogP contribution in [0.1, 0.15) is 13.3 Å². The van der Waals surface area contributed by atoms with Crippen LogP contribution < -0.4 is 15.0 Å². The zero-order chi connectivity index (χ0) is 19.8. The second-order valence-electron chi connectivity index (χ2n) is 6.59. The van der Waals surface area contributed by atoms with Crippen molar-refractivity contribution in [2.45, 2.75) is 13.3 Å². The highest BCUT2D eigenvalue weighted by Crippen LogP contribution is 2.16. The molecule has 1 N–H and O–H groups in total. The number of guanidine groups is 1. The van der Waals surface area contributed by atoms with Crippen molar-refractivity contribution in [2.75, 3.05) is 44.2 Å². The van der Waals surface area contributed by atoms with Gasteiger partial charge in [0.15, 0.2) is 5.96 Å². The van der Waals surface area contributed by atoms with Crippen molar-refractivity contribution < 1.29 is 9.53 Å². The molecule has 1 aromatic heterocycles. The van der Waals surface area contributed by atoms with Gasteiger partial charge in [0.25, 0.3) is 0 Å². The number of nitrogens with zero attached hydrogens (tertiary/aromatic N) is 5. The molecule has 0 spiro atoms. The number of aliphatic imine (C=N–C) groups is 1. The summed E-state index contributed by atoms with van der Waals surface area (Å²) in [7, 11) is 1.85. The summed E-state index contributed by atoms with van der Waals surface area (Å²) < 4.78 is 7.41. The Bertz CT molecular complexity index is 795. The molecule has 2 heterocycles. The van der Waals surface area contributed by atoms with Crippen LogP contribution in [0, 0.1) is 0 Å². The fourth-order valence-corrected chi connectivity index (χ4v) is 3.06. The number of carbonyl (C=O) groups excluding carboxylic acids is 1. The van der Waals surface area contributed by atoms with Gasteiger partial charge in [-0.1, -0.05) is 18.2 Å². The van der Waals surface area contributed by atoms with Crippen molar-refractivity contribution >= 4 is 41.5 Å². The summed E-state index contributed by atoms with van der Waals surface area (Å²) in [5.74, 6) is 1.70. The number of hydrogen-bond donors (Lipinski definition) is 1. The van der Waals surface area contributed by atoms with Crippen LogP contribution in [0.3, 0.4) is 0 Å². The highest BCUT2D eigenvalue weighted by Gasteiger charge is 2.27. The molecule has 29 heavy (non-hydrogen) atoms. The molecule has 0 radical (unpaired) electrons. The van der Waals surface area contributed by atoms with E-state index < -0.39 is 0 Å². The number of benzene rings is 1. The van der Waals surface area contributed by atoms with E-state index in [9.17, 15) is 4.79 Å². The first-order valence-electron chi connectivity index (χ1n) is 9.67. The van der Waals surface area contributed by atoms with Gasteiger partial charge in [0, 0.05) is 45.8 Å². The first kappa shape index (κ1) is 23.0. The standard InChI is InChI=1S/C20H28N6O2.HI/c1-3-21-20(22-10-7-13-28-18-8-5-4-6-9-18)25-11-12-26(19(27)16-25)17-14-23-24(2)15-17;/h4-6,8-9,14-15H,3,7,10-13,16H2,1-2H3,(H,21,22);1H. The highest BCUT2D eigenvalue weighted by molar-refractivity contribution is 14.0. The Morgan fingerprint density at radius 3 is 2.72 bits per heavy atom. The summed E-state index contributed by atoms with van der Waals surface area (Å²) in [5.41, 5.74) is 0.840. The van der Waals surface area contributed by atoms with Crippen LogP contribution in [0.2, 0.25) is 0 Å². The van der Waals surface area contributed by atoms with Gasteiger partial charge in [-0.25, -0.2) is 0 Å². The van der Waals surface area contributed by atoms with Crippen molar-refractivity contribution in [3.05, 3.63) is 42.7 Å². The number of nitrogens with one attached hydrogen (secondary N) is 1. The van der Waals surface area contributed by atoms with E-state index in [0.717, 1.165) is 36.9 Å². The molecule has 1 fully saturated rings. The second kappa shape index (κ2) is 11.6. The minimum Gasteiger partial charge on any atom is -0.494 e. The molecule has 0 saturated carbocycles. The summed E-state index contributed by atoms with van der Waals surface area (Å²) >= 11 is 0. The van der Waals surface area contributed by atoms with Crippen molar-refractivity contribution in [1.82, 2.24) is 20.0 Å². The molecule has 3 rings (SSSR count). The summed E-state index contributed by atoms with van der Waals surface area (Å²) in [6.45, 7) is 5.70. The molecule has 158 valence electrons. The average molecular weight is 512 g/mol. The third-order valence-electron chi connectivity index (χ3n) is 4.43. The lowest BCUT2D eigenvalue weighted by Gasteiger charge is -2.35. The Morgan fingerprint density at radius 1 is 1.28 bits per heavy atom. The Balaban J connectivity index is 0.00000300. The van der Waals surface area contributed by atoms with Crippen molar-refractivity contribution in [1.29, 1.82) is 0 Å². The first-order valence-corrected chi connectivity index (χ1v) is 9.67. The normalized spacial score (nSPS) is 14.6. The Labute approximate surface area is 188 Å². The van der Waals surface area contributed by atoms with Crippen LogP contribution in [0.25, 0.3) is 0 Å². The predicted molar refractivity (Wildman–Crippen MR) is 125 cm³/mol. The van der Waals surface area contributed by atoms with Gasteiger partial charge in [0.05, 0.1) is 18.5 Å². The lowest BCUT2D eigenvalue weighted by atomic mass is 10.3.